The van der Waals surface area contributed by atoms with E-state index >= 15 is 0 Å². The number of rotatable bonds is 2. The zero-order chi connectivity index (χ0) is 30.5. The predicted molar refractivity (Wildman–Crippen MR) is 154 cm³/mol. The number of esters is 1. The van der Waals surface area contributed by atoms with E-state index < -0.39 is 41.6 Å². The number of ether oxygens (including phenoxy) is 4. The standard InChI is InChI=1S/C30H35N3O9S/c1-11-6-14-7-16-29(37)33-17-8-40-30(38)15(31-13(3)34)9-43-28(20-19(17)27-26(41-10-42-27)12(2)23(20)35)22(33)21(32(16)4)18(14)24(36)25(11)39-5/h6,15-17,21-22,28-29,35-37H,7-10H2,1-5H3,(H,31,34)/t15?,16?,17-,21?,22+,28+,29-/m0/s1. The van der Waals surface area contributed by atoms with Gasteiger partial charge in [0, 0.05) is 41.0 Å². The van der Waals surface area contributed by atoms with Gasteiger partial charge in [-0.1, -0.05) is 6.07 Å². The number of piperazine rings is 1. The number of amides is 1. The molecule has 0 saturated carbocycles. The fraction of sp³-hybridized carbons (Fsp3) is 0.533. The molecule has 3 unspecified atom stereocenters. The maximum absolute atomic E-state index is 13.2. The lowest BCUT2D eigenvalue weighted by Gasteiger charge is -2.61. The van der Waals surface area contributed by atoms with Crippen molar-refractivity contribution in [2.75, 3.05) is 33.3 Å². The van der Waals surface area contributed by atoms with E-state index in [-0.39, 0.29) is 42.6 Å². The van der Waals surface area contributed by atoms with Crippen molar-refractivity contribution < 1.29 is 43.9 Å². The summed E-state index contributed by atoms with van der Waals surface area (Å²) in [5, 5.41) is 37.8. The average Bonchev–Trinajstić information content (AvgIpc) is 3.45. The molecule has 2 aromatic carbocycles. The van der Waals surface area contributed by atoms with E-state index in [1.165, 1.54) is 25.8 Å². The molecule has 2 saturated heterocycles. The Kier molecular flexibility index (Phi) is 6.65. The Balaban J connectivity index is 1.49. The summed E-state index contributed by atoms with van der Waals surface area (Å²) in [4.78, 5) is 29.3. The third-order valence-corrected chi connectivity index (χ3v) is 11.0. The third kappa shape index (κ3) is 3.94. The number of hydrogen-bond donors (Lipinski definition) is 4. The Bertz CT molecular complexity index is 1550. The number of aryl methyl sites for hydroxylation is 1. The number of phenols is 2. The highest BCUT2D eigenvalue weighted by Crippen LogP contribution is 2.63. The van der Waals surface area contributed by atoms with Gasteiger partial charge in [0.25, 0.3) is 0 Å². The van der Waals surface area contributed by atoms with Crippen molar-refractivity contribution in [3.63, 3.8) is 0 Å². The van der Waals surface area contributed by atoms with Crippen LogP contribution in [0.25, 0.3) is 0 Å². The molecule has 230 valence electrons. The average molecular weight is 614 g/mol. The molecular weight excluding hydrogens is 578 g/mol. The zero-order valence-electron chi connectivity index (χ0n) is 24.5. The zero-order valence-corrected chi connectivity index (χ0v) is 25.4. The van der Waals surface area contributed by atoms with E-state index in [2.05, 4.69) is 10.2 Å². The number of fused-ring (bicyclic) bond motifs is 9. The van der Waals surface area contributed by atoms with Gasteiger partial charge in [-0.15, -0.1) is 11.8 Å². The number of nitrogens with one attached hydrogen (secondary N) is 1. The molecule has 7 rings (SSSR count). The van der Waals surface area contributed by atoms with Crippen LogP contribution in [0, 0.1) is 13.8 Å². The van der Waals surface area contributed by atoms with Gasteiger partial charge in [-0.25, -0.2) is 4.79 Å². The molecule has 4 bridgehead atoms. The van der Waals surface area contributed by atoms with Gasteiger partial charge in [0.15, 0.2) is 23.0 Å². The molecular formula is C30H35N3O9S. The number of likely N-dealkylation sites (N-methyl/N-ethyl adjacent to an activating group) is 1. The lowest BCUT2D eigenvalue weighted by Crippen LogP contribution is -2.69. The predicted octanol–water partition coefficient (Wildman–Crippen LogP) is 1.94. The second-order valence-electron chi connectivity index (χ2n) is 11.9. The molecule has 1 amide bonds. The largest absolute Gasteiger partial charge is 0.507 e. The topological polar surface area (TPSA) is 150 Å². The normalized spacial score (nSPS) is 31.0. The van der Waals surface area contributed by atoms with Crippen LogP contribution < -0.4 is 19.5 Å². The number of carbonyl (C=O) groups excluding carboxylic acids is 2. The van der Waals surface area contributed by atoms with Crippen LogP contribution in [0.15, 0.2) is 6.07 Å². The molecule has 0 aromatic heterocycles. The summed E-state index contributed by atoms with van der Waals surface area (Å²) in [5.74, 6) is 0.588. The Morgan fingerprint density at radius 3 is 2.58 bits per heavy atom. The van der Waals surface area contributed by atoms with Crippen molar-refractivity contribution in [3.05, 3.63) is 39.4 Å². The number of benzene rings is 2. The van der Waals surface area contributed by atoms with Gasteiger partial charge in [0.05, 0.1) is 30.5 Å². The number of phenolic OH excluding ortho intramolecular Hbond substituents is 2. The second kappa shape index (κ2) is 10.1. The number of cyclic esters (lactones) is 1. The van der Waals surface area contributed by atoms with E-state index in [4.69, 9.17) is 18.9 Å². The lowest BCUT2D eigenvalue weighted by molar-refractivity contribution is -0.184. The fourth-order valence-electron chi connectivity index (χ4n) is 7.86. The molecule has 2 fully saturated rings. The number of carbonyl (C=O) groups is 2. The SMILES string of the molecule is COc1c(C)cc2c(c1O)C1[C@@H]3[C@@H]4SCC(NC(C)=O)C(=O)OC[C@@H](c5c6c(c(C)c(O)c54)OCO6)N3[C@@H](O)C(C2)N1C. The molecule has 0 radical (unpaired) electrons. The molecule has 0 aliphatic carbocycles. The summed E-state index contributed by atoms with van der Waals surface area (Å²) >= 11 is 1.39. The van der Waals surface area contributed by atoms with E-state index in [0.717, 1.165) is 11.1 Å². The number of aliphatic hydroxyl groups is 1. The monoisotopic (exact) mass is 613 g/mol. The van der Waals surface area contributed by atoms with Crippen LogP contribution in [0.5, 0.6) is 28.7 Å². The highest BCUT2D eigenvalue weighted by atomic mass is 32.2. The molecule has 5 aliphatic rings. The summed E-state index contributed by atoms with van der Waals surface area (Å²) < 4.78 is 23.2. The molecule has 5 aliphatic heterocycles. The van der Waals surface area contributed by atoms with Crippen LogP contribution in [0.3, 0.4) is 0 Å². The van der Waals surface area contributed by atoms with Crippen molar-refractivity contribution in [3.8, 4) is 28.7 Å². The Morgan fingerprint density at radius 2 is 1.86 bits per heavy atom. The number of thioether (sulfide) groups is 1. The maximum Gasteiger partial charge on any atom is 0.329 e. The van der Waals surface area contributed by atoms with Crippen LogP contribution in [0.4, 0.5) is 0 Å². The summed E-state index contributed by atoms with van der Waals surface area (Å²) in [5.41, 5.74) is 4.19. The molecule has 0 spiro atoms. The van der Waals surface area contributed by atoms with Gasteiger partial charge in [-0.05, 0) is 38.4 Å². The van der Waals surface area contributed by atoms with Crippen molar-refractivity contribution >= 4 is 23.6 Å². The Labute approximate surface area is 252 Å². The van der Waals surface area contributed by atoms with Crippen molar-refractivity contribution in [1.82, 2.24) is 15.1 Å². The molecule has 12 nitrogen and oxygen atoms in total. The molecule has 13 heteroatoms. The minimum Gasteiger partial charge on any atom is -0.507 e. The Morgan fingerprint density at radius 1 is 1.12 bits per heavy atom. The first-order valence-electron chi connectivity index (χ1n) is 14.3. The summed E-state index contributed by atoms with van der Waals surface area (Å²) in [6, 6.07) is -0.897. The van der Waals surface area contributed by atoms with Gasteiger partial charge in [0.2, 0.25) is 12.7 Å². The first-order chi connectivity index (χ1) is 20.5. The fourth-order valence-corrected chi connectivity index (χ4v) is 9.37. The van der Waals surface area contributed by atoms with Gasteiger partial charge in [0.1, 0.15) is 24.6 Å². The minimum absolute atomic E-state index is 0.0264. The van der Waals surface area contributed by atoms with Crippen LogP contribution in [0.1, 0.15) is 57.6 Å². The van der Waals surface area contributed by atoms with Crippen molar-refractivity contribution in [1.29, 1.82) is 0 Å². The van der Waals surface area contributed by atoms with Crippen LogP contribution in [0.2, 0.25) is 0 Å². The molecule has 43 heavy (non-hydrogen) atoms. The summed E-state index contributed by atoms with van der Waals surface area (Å²) in [6.07, 6.45) is -0.514. The number of aliphatic hydroxyl groups excluding tert-OH is 1. The van der Waals surface area contributed by atoms with E-state index in [9.17, 15) is 24.9 Å². The van der Waals surface area contributed by atoms with Crippen LogP contribution in [-0.2, 0) is 20.7 Å². The van der Waals surface area contributed by atoms with Crippen LogP contribution >= 0.6 is 11.8 Å². The van der Waals surface area contributed by atoms with Gasteiger partial charge in [-0.2, -0.15) is 0 Å². The highest BCUT2D eigenvalue weighted by molar-refractivity contribution is 7.99. The molecule has 5 heterocycles. The van der Waals surface area contributed by atoms with Crippen molar-refractivity contribution in [2.45, 2.75) is 68.9 Å². The van der Waals surface area contributed by atoms with Crippen molar-refractivity contribution in [2.24, 2.45) is 0 Å². The van der Waals surface area contributed by atoms with Crippen LogP contribution in [-0.4, -0.2) is 94.7 Å². The Hall–Kier alpha value is -3.39. The van der Waals surface area contributed by atoms with E-state index in [1.54, 1.807) is 6.92 Å². The molecule has 2 aromatic rings. The minimum atomic E-state index is -0.990. The summed E-state index contributed by atoms with van der Waals surface area (Å²) in [6.45, 7) is 4.81. The molecule has 7 atom stereocenters. The smallest absolute Gasteiger partial charge is 0.329 e. The number of aromatic hydroxyl groups is 2. The third-order valence-electron chi connectivity index (χ3n) is 9.65. The first kappa shape index (κ1) is 28.4. The maximum atomic E-state index is 13.2. The number of hydrogen-bond acceptors (Lipinski definition) is 12. The first-order valence-corrected chi connectivity index (χ1v) is 15.4. The van der Waals surface area contributed by atoms with E-state index in [0.29, 0.717) is 45.9 Å². The summed E-state index contributed by atoms with van der Waals surface area (Å²) in [7, 11) is 3.46. The lowest BCUT2D eigenvalue weighted by atomic mass is 9.73. The quantitative estimate of drug-likeness (QED) is 0.367. The highest BCUT2D eigenvalue weighted by Gasteiger charge is 2.60. The second-order valence-corrected chi connectivity index (χ2v) is 13.1. The van der Waals surface area contributed by atoms with Gasteiger partial charge >= 0.3 is 5.97 Å². The van der Waals surface area contributed by atoms with Gasteiger partial charge in [-0.3, -0.25) is 14.6 Å². The number of nitrogens with zero attached hydrogens (tertiary/aromatic N) is 2. The van der Waals surface area contributed by atoms with Gasteiger partial charge < -0.3 is 39.6 Å². The number of methoxy groups -OCH3 is 1. The van der Waals surface area contributed by atoms with E-state index in [1.807, 2.05) is 24.9 Å². The molecule has 4 N–H and O–H groups in total.